The number of amides is 1. The van der Waals surface area contributed by atoms with Gasteiger partial charge in [0.2, 0.25) is 0 Å². The third-order valence-corrected chi connectivity index (χ3v) is 5.73. The van der Waals surface area contributed by atoms with E-state index in [-0.39, 0.29) is 11.5 Å². The minimum Gasteiger partial charge on any atom is -0.478 e. The minimum atomic E-state index is -1.01. The lowest BCUT2D eigenvalue weighted by atomic mass is 9.98. The number of nitrogens with zero attached hydrogens (tertiary/aromatic N) is 1. The van der Waals surface area contributed by atoms with Crippen LogP contribution >= 0.6 is 11.8 Å². The maximum atomic E-state index is 13.1. The number of likely N-dealkylation sites (tertiary alicyclic amines) is 1. The molecule has 2 aromatic rings. The largest absolute Gasteiger partial charge is 0.478 e. The first-order valence-electron chi connectivity index (χ1n) is 8.90. The standard InChI is InChI=1S/C20H23NO5S/c1-25-12-14-5-4-9-21(11-14)19(22)16-6-2-3-7-18(16)27-13-17-15(20(23)24)8-10-26-17/h2-3,6-8,10,14H,4-5,9,11-13H2,1H3,(H,23,24). The van der Waals surface area contributed by atoms with Gasteiger partial charge in [-0.25, -0.2) is 4.79 Å². The van der Waals surface area contributed by atoms with E-state index in [9.17, 15) is 14.7 Å². The molecule has 144 valence electrons. The second kappa shape index (κ2) is 9.10. The Bertz CT molecular complexity index is 801. The molecular formula is C20H23NO5S. The Balaban J connectivity index is 1.72. The van der Waals surface area contributed by atoms with E-state index in [4.69, 9.17) is 9.15 Å². The van der Waals surface area contributed by atoms with Crippen LogP contribution in [0.15, 0.2) is 45.9 Å². The van der Waals surface area contributed by atoms with Crippen LogP contribution in [-0.4, -0.2) is 48.7 Å². The number of carbonyl (C=O) groups is 2. The average molecular weight is 389 g/mol. The molecule has 0 bridgehead atoms. The number of thioether (sulfide) groups is 1. The van der Waals surface area contributed by atoms with Gasteiger partial charge < -0.3 is 19.2 Å². The van der Waals surface area contributed by atoms with Crippen LogP contribution < -0.4 is 0 Å². The van der Waals surface area contributed by atoms with Gasteiger partial charge >= 0.3 is 5.97 Å². The van der Waals surface area contributed by atoms with Crippen LogP contribution in [0.5, 0.6) is 0 Å². The van der Waals surface area contributed by atoms with E-state index in [1.165, 1.54) is 24.1 Å². The summed E-state index contributed by atoms with van der Waals surface area (Å²) >= 11 is 1.41. The van der Waals surface area contributed by atoms with Crippen LogP contribution in [0.2, 0.25) is 0 Å². The number of carboxylic acid groups (broad SMARTS) is 1. The number of carboxylic acids is 1. The summed E-state index contributed by atoms with van der Waals surface area (Å²) in [6, 6.07) is 8.88. The number of rotatable bonds is 7. The molecule has 0 aliphatic carbocycles. The molecule has 1 unspecified atom stereocenters. The molecule has 0 saturated carbocycles. The second-order valence-corrected chi connectivity index (χ2v) is 7.58. The van der Waals surface area contributed by atoms with Crippen LogP contribution in [0.3, 0.4) is 0 Å². The van der Waals surface area contributed by atoms with E-state index in [1.54, 1.807) is 7.11 Å². The number of benzene rings is 1. The fraction of sp³-hybridized carbons (Fsp3) is 0.400. The number of carbonyl (C=O) groups excluding carboxylic acids is 1. The van der Waals surface area contributed by atoms with E-state index in [2.05, 4.69) is 0 Å². The maximum Gasteiger partial charge on any atom is 0.339 e. The van der Waals surface area contributed by atoms with Gasteiger partial charge in [-0.15, -0.1) is 11.8 Å². The summed E-state index contributed by atoms with van der Waals surface area (Å²) in [5.41, 5.74) is 0.800. The van der Waals surface area contributed by atoms with Crippen molar-refractivity contribution < 1.29 is 23.8 Å². The molecule has 3 rings (SSSR count). The number of methoxy groups -OCH3 is 1. The molecule has 7 heteroatoms. The molecule has 1 saturated heterocycles. The monoisotopic (exact) mass is 389 g/mol. The SMILES string of the molecule is COCC1CCCN(C(=O)c2ccccc2SCc2occc2C(=O)O)C1. The van der Waals surface area contributed by atoms with Gasteiger partial charge in [-0.05, 0) is 37.0 Å². The quantitative estimate of drug-likeness (QED) is 0.726. The lowest BCUT2D eigenvalue weighted by Gasteiger charge is -2.32. The number of aromatic carboxylic acids is 1. The summed E-state index contributed by atoms with van der Waals surface area (Å²) < 4.78 is 10.5. The first kappa shape index (κ1) is 19.5. The van der Waals surface area contributed by atoms with Gasteiger partial charge in [0.15, 0.2) is 0 Å². The Morgan fingerprint density at radius 3 is 2.89 bits per heavy atom. The molecule has 1 N–H and O–H groups in total. The molecule has 1 amide bonds. The van der Waals surface area contributed by atoms with Crippen molar-refractivity contribution in [3.8, 4) is 0 Å². The number of hydrogen-bond acceptors (Lipinski definition) is 5. The topological polar surface area (TPSA) is 80.0 Å². The van der Waals surface area contributed by atoms with E-state index in [0.717, 1.165) is 24.3 Å². The molecule has 2 heterocycles. The van der Waals surface area contributed by atoms with Gasteiger partial charge in [0.05, 0.1) is 24.2 Å². The van der Waals surface area contributed by atoms with E-state index in [1.807, 2.05) is 29.2 Å². The molecule has 27 heavy (non-hydrogen) atoms. The number of furan rings is 1. The Labute approximate surface area is 162 Å². The van der Waals surface area contributed by atoms with Crippen molar-refractivity contribution in [3.63, 3.8) is 0 Å². The van der Waals surface area contributed by atoms with Crippen molar-refractivity contribution in [1.82, 2.24) is 4.90 Å². The van der Waals surface area contributed by atoms with Gasteiger partial charge in [0.25, 0.3) is 5.91 Å². The Hall–Kier alpha value is -2.25. The Morgan fingerprint density at radius 2 is 2.11 bits per heavy atom. The molecule has 6 nitrogen and oxygen atoms in total. The van der Waals surface area contributed by atoms with Crippen molar-refractivity contribution in [1.29, 1.82) is 0 Å². The van der Waals surface area contributed by atoms with E-state index >= 15 is 0 Å². The lowest BCUT2D eigenvalue weighted by Crippen LogP contribution is -2.41. The van der Waals surface area contributed by atoms with Gasteiger partial charge in [-0.3, -0.25) is 4.79 Å². The summed E-state index contributed by atoms with van der Waals surface area (Å²) in [7, 11) is 1.69. The average Bonchev–Trinajstić information content (AvgIpc) is 3.15. The zero-order valence-electron chi connectivity index (χ0n) is 15.2. The molecule has 1 aromatic heterocycles. The first-order chi connectivity index (χ1) is 13.1. The molecule has 1 aliphatic heterocycles. The van der Waals surface area contributed by atoms with Crippen molar-refractivity contribution in [2.75, 3.05) is 26.8 Å². The van der Waals surface area contributed by atoms with Crippen molar-refractivity contribution in [3.05, 3.63) is 53.5 Å². The molecule has 1 atom stereocenters. The smallest absolute Gasteiger partial charge is 0.339 e. The zero-order chi connectivity index (χ0) is 19.2. The fourth-order valence-electron chi connectivity index (χ4n) is 3.35. The molecule has 0 spiro atoms. The highest BCUT2D eigenvalue weighted by Gasteiger charge is 2.26. The highest BCUT2D eigenvalue weighted by atomic mass is 32.2. The van der Waals surface area contributed by atoms with Crippen LogP contribution in [0.25, 0.3) is 0 Å². The van der Waals surface area contributed by atoms with Crippen molar-refractivity contribution >= 4 is 23.6 Å². The summed E-state index contributed by atoms with van der Waals surface area (Å²) in [5.74, 6) is 0.116. The summed E-state index contributed by atoms with van der Waals surface area (Å²) in [5, 5.41) is 9.19. The maximum absolute atomic E-state index is 13.1. The van der Waals surface area contributed by atoms with Crippen molar-refractivity contribution in [2.45, 2.75) is 23.5 Å². The molecule has 1 fully saturated rings. The fourth-order valence-corrected chi connectivity index (χ4v) is 4.34. The highest BCUT2D eigenvalue weighted by Crippen LogP contribution is 2.30. The molecule has 1 aliphatic rings. The Morgan fingerprint density at radius 1 is 1.30 bits per heavy atom. The minimum absolute atomic E-state index is 0.0109. The van der Waals surface area contributed by atoms with Gasteiger partial charge in [-0.1, -0.05) is 12.1 Å². The molecular weight excluding hydrogens is 366 g/mol. The lowest BCUT2D eigenvalue weighted by molar-refractivity contribution is 0.0567. The van der Waals surface area contributed by atoms with Crippen LogP contribution in [-0.2, 0) is 10.5 Å². The third-order valence-electron chi connectivity index (χ3n) is 4.66. The van der Waals surface area contributed by atoms with E-state index in [0.29, 0.717) is 36.1 Å². The van der Waals surface area contributed by atoms with E-state index < -0.39 is 5.97 Å². The number of hydrogen-bond donors (Lipinski definition) is 1. The van der Waals surface area contributed by atoms with Crippen LogP contribution in [0, 0.1) is 5.92 Å². The number of ether oxygens (including phenoxy) is 1. The Kier molecular flexibility index (Phi) is 6.58. The second-order valence-electron chi connectivity index (χ2n) is 6.56. The summed E-state index contributed by atoms with van der Waals surface area (Å²) in [4.78, 5) is 27.0. The van der Waals surface area contributed by atoms with Crippen LogP contribution in [0.4, 0.5) is 0 Å². The molecule has 1 aromatic carbocycles. The normalized spacial score (nSPS) is 17.1. The highest BCUT2D eigenvalue weighted by molar-refractivity contribution is 7.98. The molecule has 0 radical (unpaired) electrons. The predicted molar refractivity (Wildman–Crippen MR) is 102 cm³/mol. The van der Waals surface area contributed by atoms with Gasteiger partial charge in [0.1, 0.15) is 11.3 Å². The number of piperidine rings is 1. The van der Waals surface area contributed by atoms with Gasteiger partial charge in [-0.2, -0.15) is 0 Å². The predicted octanol–water partition coefficient (Wildman–Crippen LogP) is 3.77. The first-order valence-corrected chi connectivity index (χ1v) is 9.88. The summed E-state index contributed by atoms with van der Waals surface area (Å²) in [6.07, 6.45) is 3.42. The zero-order valence-corrected chi connectivity index (χ0v) is 16.0. The van der Waals surface area contributed by atoms with Gasteiger partial charge in [0, 0.05) is 25.1 Å². The van der Waals surface area contributed by atoms with Crippen LogP contribution in [0.1, 0.15) is 39.3 Å². The van der Waals surface area contributed by atoms with Crippen molar-refractivity contribution in [2.24, 2.45) is 5.92 Å². The third kappa shape index (κ3) is 4.73. The summed E-state index contributed by atoms with van der Waals surface area (Å²) in [6.45, 7) is 2.11.